The fourth-order valence-electron chi connectivity index (χ4n) is 5.73. The van der Waals surface area contributed by atoms with Crippen LogP contribution in [-0.2, 0) is 22.5 Å². The van der Waals surface area contributed by atoms with Crippen molar-refractivity contribution in [3.63, 3.8) is 0 Å². The number of imidazole rings is 1. The van der Waals surface area contributed by atoms with Crippen LogP contribution in [0.25, 0.3) is 22.2 Å². The van der Waals surface area contributed by atoms with Gasteiger partial charge in [-0.2, -0.15) is 0 Å². The minimum absolute atomic E-state index is 0.144. The molecule has 1 amide bonds. The van der Waals surface area contributed by atoms with Crippen LogP contribution in [0.1, 0.15) is 48.6 Å². The molecule has 1 aromatic heterocycles. The largest absolute Gasteiger partial charge is 0.385 e. The molecule has 2 atom stereocenters. The number of piperidine rings is 1. The predicted octanol–water partition coefficient (Wildman–Crippen LogP) is 5.71. The SMILES string of the molecule is COCCCn1c([C@@H]2CCCN(C(=O)C[C@H](N)Cc3ccc(-c4ccc(C)cc4)cc3)C2)nc2ccccc21. The van der Waals surface area contributed by atoms with E-state index >= 15 is 0 Å². The van der Waals surface area contributed by atoms with Gasteiger partial charge in [0.1, 0.15) is 5.82 Å². The molecule has 2 N–H and O–H groups in total. The maximum Gasteiger partial charge on any atom is 0.224 e. The number of nitrogens with zero attached hydrogens (tertiary/aromatic N) is 3. The molecule has 1 saturated heterocycles. The van der Waals surface area contributed by atoms with Gasteiger partial charge in [-0.25, -0.2) is 4.98 Å². The van der Waals surface area contributed by atoms with E-state index in [9.17, 15) is 4.79 Å². The minimum Gasteiger partial charge on any atom is -0.385 e. The Morgan fingerprint density at radius 1 is 1.05 bits per heavy atom. The quantitative estimate of drug-likeness (QED) is 0.270. The first-order valence-electron chi connectivity index (χ1n) is 14.1. The number of rotatable bonds is 10. The van der Waals surface area contributed by atoms with Gasteiger partial charge in [0.2, 0.25) is 5.91 Å². The van der Waals surface area contributed by atoms with Crippen molar-refractivity contribution in [1.82, 2.24) is 14.5 Å². The molecule has 204 valence electrons. The van der Waals surface area contributed by atoms with Crippen LogP contribution in [0.4, 0.5) is 0 Å². The maximum absolute atomic E-state index is 13.3. The third kappa shape index (κ3) is 6.57. The molecule has 0 bridgehead atoms. The van der Waals surface area contributed by atoms with E-state index in [2.05, 4.69) is 78.2 Å². The van der Waals surface area contributed by atoms with Gasteiger partial charge < -0.3 is 19.9 Å². The lowest BCUT2D eigenvalue weighted by atomic mass is 9.95. The molecular weight excluding hydrogens is 484 g/mol. The van der Waals surface area contributed by atoms with Crippen LogP contribution in [-0.4, -0.2) is 53.2 Å². The first-order valence-corrected chi connectivity index (χ1v) is 14.1. The Morgan fingerprint density at radius 3 is 2.51 bits per heavy atom. The van der Waals surface area contributed by atoms with E-state index in [1.807, 2.05) is 11.0 Å². The van der Waals surface area contributed by atoms with Crippen molar-refractivity contribution in [2.45, 2.75) is 57.5 Å². The van der Waals surface area contributed by atoms with Gasteiger partial charge in [-0.1, -0.05) is 66.2 Å². The van der Waals surface area contributed by atoms with Crippen LogP contribution in [0.5, 0.6) is 0 Å². The molecule has 0 saturated carbocycles. The molecule has 39 heavy (non-hydrogen) atoms. The Kier molecular flexibility index (Phi) is 8.74. The van der Waals surface area contributed by atoms with E-state index in [0.717, 1.165) is 54.8 Å². The van der Waals surface area contributed by atoms with E-state index in [1.54, 1.807) is 7.11 Å². The summed E-state index contributed by atoms with van der Waals surface area (Å²) in [6, 6.07) is 25.2. The van der Waals surface area contributed by atoms with Gasteiger partial charge in [0, 0.05) is 51.7 Å². The Balaban J connectivity index is 1.21. The predicted molar refractivity (Wildman–Crippen MR) is 158 cm³/mol. The standard InChI is InChI=1S/C33H40N4O2/c1-24-10-14-26(15-11-24)27-16-12-25(13-17-27)21-29(34)22-32(38)36-18-5-7-28(23-36)33-35-30-8-3-4-9-31(30)37(33)19-6-20-39-2/h3-4,8-17,28-29H,5-7,18-23,34H2,1-2H3/t28-,29-/m1/s1. The molecule has 1 fully saturated rings. The number of likely N-dealkylation sites (tertiary alicyclic amines) is 1. The number of carbonyl (C=O) groups is 1. The number of para-hydroxylation sites is 2. The first kappa shape index (κ1) is 27.1. The first-order chi connectivity index (χ1) is 19.0. The van der Waals surface area contributed by atoms with Crippen molar-refractivity contribution in [1.29, 1.82) is 0 Å². The lowest BCUT2D eigenvalue weighted by molar-refractivity contribution is -0.132. The summed E-state index contributed by atoms with van der Waals surface area (Å²) in [6.07, 6.45) is 3.99. The van der Waals surface area contributed by atoms with Gasteiger partial charge in [0.15, 0.2) is 0 Å². The van der Waals surface area contributed by atoms with Gasteiger partial charge in [-0.15, -0.1) is 0 Å². The molecule has 1 aliphatic rings. The van der Waals surface area contributed by atoms with Crippen molar-refractivity contribution in [2.24, 2.45) is 5.73 Å². The highest BCUT2D eigenvalue weighted by Gasteiger charge is 2.29. The molecule has 6 heteroatoms. The second-order valence-electron chi connectivity index (χ2n) is 10.9. The minimum atomic E-state index is -0.207. The zero-order valence-electron chi connectivity index (χ0n) is 23.2. The zero-order chi connectivity index (χ0) is 27.2. The van der Waals surface area contributed by atoms with Crippen molar-refractivity contribution >= 4 is 16.9 Å². The highest BCUT2D eigenvalue weighted by molar-refractivity contribution is 5.78. The van der Waals surface area contributed by atoms with Crippen molar-refractivity contribution in [3.05, 3.63) is 89.7 Å². The second kappa shape index (κ2) is 12.6. The van der Waals surface area contributed by atoms with Gasteiger partial charge in [-0.3, -0.25) is 4.79 Å². The molecule has 0 aliphatic carbocycles. The Hall–Kier alpha value is -3.48. The number of benzene rings is 3. The summed E-state index contributed by atoms with van der Waals surface area (Å²) in [7, 11) is 1.74. The third-order valence-corrected chi connectivity index (χ3v) is 7.83. The van der Waals surface area contributed by atoms with Crippen LogP contribution in [0.2, 0.25) is 0 Å². The fourth-order valence-corrected chi connectivity index (χ4v) is 5.73. The molecule has 5 rings (SSSR count). The van der Waals surface area contributed by atoms with Gasteiger partial charge in [-0.05, 0) is 61.4 Å². The van der Waals surface area contributed by atoms with Crippen LogP contribution < -0.4 is 5.73 Å². The molecule has 0 radical (unpaired) electrons. The maximum atomic E-state index is 13.3. The van der Waals surface area contributed by atoms with E-state index in [0.29, 0.717) is 26.0 Å². The summed E-state index contributed by atoms with van der Waals surface area (Å²) in [5, 5.41) is 0. The summed E-state index contributed by atoms with van der Waals surface area (Å²) in [5.41, 5.74) is 13.5. The molecular formula is C33H40N4O2. The molecule has 0 spiro atoms. The van der Waals surface area contributed by atoms with Crippen LogP contribution in [0.15, 0.2) is 72.8 Å². The fraction of sp³-hybridized carbons (Fsp3) is 0.394. The number of ether oxygens (including phenoxy) is 1. The molecule has 4 aromatic rings. The number of carbonyl (C=O) groups excluding carboxylic acids is 1. The van der Waals surface area contributed by atoms with Gasteiger partial charge in [0.25, 0.3) is 0 Å². The van der Waals surface area contributed by atoms with Crippen molar-refractivity contribution in [2.75, 3.05) is 26.8 Å². The van der Waals surface area contributed by atoms with E-state index in [4.69, 9.17) is 15.5 Å². The van der Waals surface area contributed by atoms with Gasteiger partial charge >= 0.3 is 0 Å². The lowest BCUT2D eigenvalue weighted by Gasteiger charge is -2.33. The summed E-state index contributed by atoms with van der Waals surface area (Å²) in [5.74, 6) is 1.46. The highest BCUT2D eigenvalue weighted by atomic mass is 16.5. The summed E-state index contributed by atoms with van der Waals surface area (Å²) in [4.78, 5) is 20.3. The molecule has 0 unspecified atom stereocenters. The number of methoxy groups -OCH3 is 1. The molecule has 6 nitrogen and oxygen atoms in total. The van der Waals surface area contributed by atoms with E-state index in [1.165, 1.54) is 16.7 Å². The van der Waals surface area contributed by atoms with Crippen LogP contribution in [0, 0.1) is 6.92 Å². The highest BCUT2D eigenvalue weighted by Crippen LogP contribution is 2.30. The van der Waals surface area contributed by atoms with Crippen LogP contribution in [0.3, 0.4) is 0 Å². The molecule has 3 aromatic carbocycles. The second-order valence-corrected chi connectivity index (χ2v) is 10.9. The number of aryl methyl sites for hydroxylation is 2. The van der Waals surface area contributed by atoms with E-state index < -0.39 is 0 Å². The molecule has 2 heterocycles. The van der Waals surface area contributed by atoms with Crippen LogP contribution >= 0.6 is 0 Å². The zero-order valence-corrected chi connectivity index (χ0v) is 23.2. The number of nitrogens with two attached hydrogens (primary N) is 1. The summed E-state index contributed by atoms with van der Waals surface area (Å²) in [6.45, 7) is 5.16. The Bertz CT molecular complexity index is 1380. The monoisotopic (exact) mass is 524 g/mol. The number of aromatic nitrogens is 2. The number of hydrogen-bond acceptors (Lipinski definition) is 4. The smallest absolute Gasteiger partial charge is 0.224 e. The van der Waals surface area contributed by atoms with Crippen molar-refractivity contribution < 1.29 is 9.53 Å². The van der Waals surface area contributed by atoms with Gasteiger partial charge in [0.05, 0.1) is 11.0 Å². The Labute approximate surface area is 231 Å². The average molecular weight is 525 g/mol. The topological polar surface area (TPSA) is 73.4 Å². The average Bonchev–Trinajstić information content (AvgIpc) is 3.33. The Morgan fingerprint density at radius 2 is 1.77 bits per heavy atom. The lowest BCUT2D eigenvalue weighted by Crippen LogP contribution is -2.42. The molecule has 1 aliphatic heterocycles. The third-order valence-electron chi connectivity index (χ3n) is 7.83. The normalized spacial score (nSPS) is 16.5. The van der Waals surface area contributed by atoms with E-state index in [-0.39, 0.29) is 17.9 Å². The number of hydrogen-bond donors (Lipinski definition) is 1. The number of fused-ring (bicyclic) bond motifs is 1. The number of amides is 1. The van der Waals surface area contributed by atoms with Crippen molar-refractivity contribution in [3.8, 4) is 11.1 Å². The summed E-state index contributed by atoms with van der Waals surface area (Å²) >= 11 is 0. The summed E-state index contributed by atoms with van der Waals surface area (Å²) < 4.78 is 7.63.